The molecule has 0 radical (unpaired) electrons. The lowest BCUT2D eigenvalue weighted by Gasteiger charge is -2.39. The van der Waals surface area contributed by atoms with E-state index >= 15 is 0 Å². The number of hydrogen-bond donors (Lipinski definition) is 0. The molecule has 1 aromatic rings. The Balaban J connectivity index is 2.22. The second kappa shape index (κ2) is 9.49. The van der Waals surface area contributed by atoms with Crippen LogP contribution in [0, 0.1) is 5.92 Å². The Morgan fingerprint density at radius 3 is 1.96 bits per heavy atom. The van der Waals surface area contributed by atoms with Gasteiger partial charge in [-0.25, -0.2) is 8.42 Å². The fourth-order valence-corrected chi connectivity index (χ4v) is 5.14. The maximum atomic E-state index is 12.9. The van der Waals surface area contributed by atoms with Gasteiger partial charge in [0, 0.05) is 18.7 Å². The van der Waals surface area contributed by atoms with Gasteiger partial charge in [0.2, 0.25) is 5.75 Å². The first kappa shape index (κ1) is 22.3. The van der Waals surface area contributed by atoms with E-state index in [4.69, 9.17) is 14.2 Å². The molecule has 0 N–H and O–H groups in total. The molecule has 0 unspecified atom stereocenters. The first-order valence-electron chi connectivity index (χ1n) is 9.80. The highest BCUT2D eigenvalue weighted by Gasteiger charge is 2.40. The van der Waals surface area contributed by atoms with Crippen molar-refractivity contribution in [3.05, 3.63) is 17.7 Å². The van der Waals surface area contributed by atoms with Gasteiger partial charge in [-0.15, -0.1) is 0 Å². The van der Waals surface area contributed by atoms with Crippen LogP contribution in [0.25, 0.3) is 0 Å². The Hall–Kier alpha value is -1.96. The highest BCUT2D eigenvalue weighted by Crippen LogP contribution is 2.39. The van der Waals surface area contributed by atoms with Crippen molar-refractivity contribution < 1.29 is 27.4 Å². The number of sulfone groups is 1. The van der Waals surface area contributed by atoms with Crippen LogP contribution in [-0.2, 0) is 9.84 Å². The monoisotopic (exact) mass is 413 g/mol. The topological polar surface area (TPSA) is 82.1 Å². The van der Waals surface area contributed by atoms with Crippen molar-refractivity contribution in [3.63, 3.8) is 0 Å². The predicted octanol–water partition coefficient (Wildman–Crippen LogP) is 2.78. The van der Waals surface area contributed by atoms with Gasteiger partial charge in [-0.2, -0.15) is 0 Å². The zero-order valence-electron chi connectivity index (χ0n) is 17.4. The Kier molecular flexibility index (Phi) is 7.57. The van der Waals surface area contributed by atoms with Crippen LogP contribution in [-0.4, -0.2) is 63.1 Å². The molecule has 1 aliphatic rings. The molecule has 1 aromatic carbocycles. The summed E-state index contributed by atoms with van der Waals surface area (Å²) < 4.78 is 41.6. The van der Waals surface area contributed by atoms with Gasteiger partial charge < -0.3 is 19.1 Å². The Morgan fingerprint density at radius 2 is 1.54 bits per heavy atom. The maximum absolute atomic E-state index is 12.9. The molecule has 0 spiro atoms. The average molecular weight is 414 g/mol. The number of rotatable bonds is 10. The molecule has 28 heavy (non-hydrogen) atoms. The van der Waals surface area contributed by atoms with Crippen molar-refractivity contribution in [2.45, 2.75) is 39.9 Å². The van der Waals surface area contributed by atoms with Crippen LogP contribution in [0.3, 0.4) is 0 Å². The fourth-order valence-electron chi connectivity index (χ4n) is 3.13. The van der Waals surface area contributed by atoms with E-state index in [1.54, 1.807) is 17.0 Å². The van der Waals surface area contributed by atoms with Gasteiger partial charge in [-0.1, -0.05) is 13.8 Å². The summed E-state index contributed by atoms with van der Waals surface area (Å²) in [5.41, 5.74) is 0.398. The Bertz CT molecular complexity index is 757. The second-order valence-electron chi connectivity index (χ2n) is 7.16. The summed E-state index contributed by atoms with van der Waals surface area (Å²) >= 11 is 0. The lowest BCUT2D eigenvalue weighted by atomic mass is 10.1. The van der Waals surface area contributed by atoms with Crippen LogP contribution in [0.2, 0.25) is 0 Å². The van der Waals surface area contributed by atoms with E-state index < -0.39 is 15.1 Å². The van der Waals surface area contributed by atoms with Crippen molar-refractivity contribution in [1.82, 2.24) is 4.90 Å². The van der Waals surface area contributed by atoms with E-state index in [-0.39, 0.29) is 30.7 Å². The summed E-state index contributed by atoms with van der Waals surface area (Å²) in [6.45, 7) is 11.0. The summed E-state index contributed by atoms with van der Waals surface area (Å²) in [6.07, 6.45) is 0. The molecule has 1 saturated heterocycles. The van der Waals surface area contributed by atoms with Gasteiger partial charge in [-0.05, 0) is 38.8 Å². The molecular weight excluding hydrogens is 382 g/mol. The van der Waals surface area contributed by atoms with Crippen LogP contribution in [0.1, 0.15) is 45.0 Å². The molecule has 2 rings (SSSR count). The first-order valence-corrected chi connectivity index (χ1v) is 11.5. The number of nitrogens with zero attached hydrogens (tertiary/aromatic N) is 1. The number of benzene rings is 1. The number of ether oxygens (including phenoxy) is 3. The highest BCUT2D eigenvalue weighted by molar-refractivity contribution is 7.92. The number of carbonyl (C=O) groups is 1. The van der Waals surface area contributed by atoms with Gasteiger partial charge in [-0.3, -0.25) is 4.79 Å². The van der Waals surface area contributed by atoms with Gasteiger partial charge in [0.1, 0.15) is 0 Å². The van der Waals surface area contributed by atoms with E-state index in [0.717, 1.165) is 0 Å². The van der Waals surface area contributed by atoms with Crippen LogP contribution in [0.5, 0.6) is 17.2 Å². The minimum atomic E-state index is -3.18. The average Bonchev–Trinajstić information content (AvgIpc) is 2.55. The molecule has 0 saturated carbocycles. The van der Waals surface area contributed by atoms with Crippen LogP contribution < -0.4 is 14.2 Å². The van der Waals surface area contributed by atoms with E-state index in [1.165, 1.54) is 0 Å². The zero-order valence-corrected chi connectivity index (χ0v) is 18.2. The molecule has 7 nitrogen and oxygen atoms in total. The third-order valence-electron chi connectivity index (χ3n) is 4.36. The minimum absolute atomic E-state index is 0.0726. The predicted molar refractivity (Wildman–Crippen MR) is 108 cm³/mol. The van der Waals surface area contributed by atoms with Crippen molar-refractivity contribution in [2.24, 2.45) is 5.92 Å². The summed E-state index contributed by atoms with van der Waals surface area (Å²) in [5.74, 6) is 1.35. The Morgan fingerprint density at radius 1 is 1.04 bits per heavy atom. The smallest absolute Gasteiger partial charge is 0.254 e. The molecule has 8 heteroatoms. The maximum Gasteiger partial charge on any atom is 0.254 e. The van der Waals surface area contributed by atoms with Crippen molar-refractivity contribution >= 4 is 15.7 Å². The van der Waals surface area contributed by atoms with Gasteiger partial charge in [0.15, 0.2) is 21.3 Å². The molecule has 1 fully saturated rings. The summed E-state index contributed by atoms with van der Waals surface area (Å²) in [4.78, 5) is 14.4. The minimum Gasteiger partial charge on any atom is -0.490 e. The lowest BCUT2D eigenvalue weighted by Crippen LogP contribution is -2.57. The molecule has 0 aromatic heterocycles. The van der Waals surface area contributed by atoms with Gasteiger partial charge >= 0.3 is 0 Å². The fraction of sp³-hybridized carbons (Fsp3) is 0.650. The first-order chi connectivity index (χ1) is 13.2. The third kappa shape index (κ3) is 5.10. The molecule has 0 atom stereocenters. The van der Waals surface area contributed by atoms with E-state index in [0.29, 0.717) is 42.6 Å². The number of carbonyl (C=O) groups excluding carboxylic acids is 1. The summed E-state index contributed by atoms with van der Waals surface area (Å²) in [5, 5.41) is -0.487. The standard InChI is InChI=1S/C20H31NO6S/c1-6-25-17-9-15(10-18(26-7-2)19(17)27-8-3)20(22)21-11-16(12-21)28(23,24)13-14(4)5/h9-10,14,16H,6-8,11-13H2,1-5H3. The zero-order chi connectivity index (χ0) is 20.9. The normalized spacial score (nSPS) is 14.7. The summed E-state index contributed by atoms with van der Waals surface area (Å²) in [6, 6.07) is 3.27. The molecule has 1 aliphatic heterocycles. The van der Waals surface area contributed by atoms with Crippen LogP contribution in [0.15, 0.2) is 12.1 Å². The van der Waals surface area contributed by atoms with Gasteiger partial charge in [0.05, 0.1) is 30.8 Å². The lowest BCUT2D eigenvalue weighted by molar-refractivity contribution is 0.0657. The molecular formula is C20H31NO6S. The SMILES string of the molecule is CCOc1cc(C(=O)N2CC(S(=O)(=O)CC(C)C)C2)cc(OCC)c1OCC. The third-order valence-corrected chi connectivity index (χ3v) is 6.81. The van der Waals surface area contributed by atoms with E-state index in [1.807, 2.05) is 34.6 Å². The van der Waals surface area contributed by atoms with Crippen molar-refractivity contribution in [3.8, 4) is 17.2 Å². The quantitative estimate of drug-likeness (QED) is 0.587. The van der Waals surface area contributed by atoms with E-state index in [2.05, 4.69) is 0 Å². The van der Waals surface area contributed by atoms with Crippen LogP contribution >= 0.6 is 0 Å². The van der Waals surface area contributed by atoms with Crippen LogP contribution in [0.4, 0.5) is 0 Å². The molecule has 0 aliphatic carbocycles. The molecule has 158 valence electrons. The van der Waals surface area contributed by atoms with E-state index in [9.17, 15) is 13.2 Å². The largest absolute Gasteiger partial charge is 0.490 e. The second-order valence-corrected chi connectivity index (χ2v) is 9.48. The Labute approximate surface area is 167 Å². The number of likely N-dealkylation sites (tertiary alicyclic amines) is 1. The number of hydrogen-bond acceptors (Lipinski definition) is 6. The van der Waals surface area contributed by atoms with Crippen molar-refractivity contribution in [2.75, 3.05) is 38.7 Å². The molecule has 0 bridgehead atoms. The molecule has 1 amide bonds. The van der Waals surface area contributed by atoms with Crippen molar-refractivity contribution in [1.29, 1.82) is 0 Å². The number of amides is 1. The molecule has 1 heterocycles. The van der Waals surface area contributed by atoms with Gasteiger partial charge in [0.25, 0.3) is 5.91 Å². The highest BCUT2D eigenvalue weighted by atomic mass is 32.2. The summed E-state index contributed by atoms with van der Waals surface area (Å²) in [7, 11) is -3.18.